The van der Waals surface area contributed by atoms with E-state index >= 15 is 0 Å². The van der Waals surface area contributed by atoms with Gasteiger partial charge in [-0.05, 0) is 71.0 Å². The van der Waals surface area contributed by atoms with Crippen molar-refractivity contribution in [3.8, 4) is 33.8 Å². The van der Waals surface area contributed by atoms with Crippen LogP contribution in [0.5, 0.6) is 11.5 Å². The lowest BCUT2D eigenvalue weighted by molar-refractivity contribution is 0.475. The first-order valence-electron chi connectivity index (χ1n) is 7.81. The van der Waals surface area contributed by atoms with E-state index in [1.807, 2.05) is 24.3 Å². The van der Waals surface area contributed by atoms with E-state index in [2.05, 4.69) is 26.0 Å². The Hall–Kier alpha value is -2.74. The van der Waals surface area contributed by atoms with Gasteiger partial charge in [0.2, 0.25) is 0 Å². The fourth-order valence-corrected chi connectivity index (χ4v) is 3.02. The van der Waals surface area contributed by atoms with Crippen LogP contribution in [0.25, 0.3) is 22.3 Å². The molecule has 0 saturated heterocycles. The minimum absolute atomic E-state index is 0.266. The second-order valence-electron chi connectivity index (χ2n) is 5.72. The van der Waals surface area contributed by atoms with Crippen molar-refractivity contribution in [1.82, 2.24) is 0 Å². The van der Waals surface area contributed by atoms with Gasteiger partial charge in [-0.1, -0.05) is 43.3 Å². The van der Waals surface area contributed by atoms with Crippen molar-refractivity contribution in [3.63, 3.8) is 0 Å². The molecule has 23 heavy (non-hydrogen) atoms. The highest BCUT2D eigenvalue weighted by Crippen LogP contribution is 2.37. The summed E-state index contributed by atoms with van der Waals surface area (Å²) >= 11 is 0. The summed E-state index contributed by atoms with van der Waals surface area (Å²) in [4.78, 5) is 0. The highest BCUT2D eigenvalue weighted by atomic mass is 16.3. The average molecular weight is 304 g/mol. The fraction of sp³-hybridized carbons (Fsp3) is 0.143. The molecule has 0 fully saturated rings. The molecule has 3 aromatic rings. The largest absolute Gasteiger partial charge is 0.508 e. The molecule has 2 nitrogen and oxygen atoms in total. The topological polar surface area (TPSA) is 40.5 Å². The Bertz CT molecular complexity index is 816. The Labute approximate surface area is 136 Å². The molecule has 2 N–H and O–H groups in total. The molecule has 0 spiro atoms. The number of aromatic hydroxyl groups is 2. The Morgan fingerprint density at radius 3 is 1.74 bits per heavy atom. The lowest BCUT2D eigenvalue weighted by atomic mass is 9.88. The number of rotatable bonds is 3. The van der Waals surface area contributed by atoms with E-state index in [4.69, 9.17) is 0 Å². The van der Waals surface area contributed by atoms with E-state index in [1.165, 1.54) is 16.7 Å². The first-order chi connectivity index (χ1) is 11.1. The van der Waals surface area contributed by atoms with E-state index in [0.717, 1.165) is 23.1 Å². The summed E-state index contributed by atoms with van der Waals surface area (Å²) in [5.74, 6) is 0.533. The van der Waals surface area contributed by atoms with Gasteiger partial charge in [0.25, 0.3) is 0 Å². The summed E-state index contributed by atoms with van der Waals surface area (Å²) < 4.78 is 0. The van der Waals surface area contributed by atoms with Gasteiger partial charge in [0.1, 0.15) is 11.5 Å². The van der Waals surface area contributed by atoms with E-state index in [0.29, 0.717) is 0 Å². The summed E-state index contributed by atoms with van der Waals surface area (Å²) in [6.07, 6.45) is 0.979. The molecule has 0 atom stereocenters. The van der Waals surface area contributed by atoms with Crippen molar-refractivity contribution in [3.05, 3.63) is 71.8 Å². The summed E-state index contributed by atoms with van der Waals surface area (Å²) in [6, 6.07) is 18.9. The zero-order chi connectivity index (χ0) is 16.4. The van der Waals surface area contributed by atoms with Gasteiger partial charge < -0.3 is 10.2 Å². The molecular weight excluding hydrogens is 284 g/mol. The second-order valence-corrected chi connectivity index (χ2v) is 5.72. The Morgan fingerprint density at radius 2 is 1.22 bits per heavy atom. The van der Waals surface area contributed by atoms with Crippen LogP contribution in [0.15, 0.2) is 60.7 Å². The van der Waals surface area contributed by atoms with Crippen LogP contribution in [-0.4, -0.2) is 10.2 Å². The third-order valence-electron chi connectivity index (χ3n) is 4.29. The van der Waals surface area contributed by atoms with Crippen molar-refractivity contribution >= 4 is 0 Å². The van der Waals surface area contributed by atoms with Crippen molar-refractivity contribution in [2.75, 3.05) is 0 Å². The molecule has 0 aliphatic carbocycles. The predicted molar refractivity (Wildman–Crippen MR) is 94.8 cm³/mol. The molecule has 3 aromatic carbocycles. The molecule has 0 aromatic heterocycles. The highest BCUT2D eigenvalue weighted by Gasteiger charge is 2.13. The van der Waals surface area contributed by atoms with Crippen LogP contribution in [0.1, 0.15) is 18.1 Å². The lowest BCUT2D eigenvalue weighted by Crippen LogP contribution is -1.94. The molecule has 0 aliphatic heterocycles. The molecule has 3 rings (SSSR count). The number of phenols is 2. The third kappa shape index (κ3) is 2.93. The summed E-state index contributed by atoms with van der Waals surface area (Å²) in [5, 5.41) is 19.1. The zero-order valence-electron chi connectivity index (χ0n) is 13.4. The van der Waals surface area contributed by atoms with Gasteiger partial charge in [-0.15, -0.1) is 0 Å². The van der Waals surface area contributed by atoms with Crippen LogP contribution >= 0.6 is 0 Å². The molecule has 0 amide bonds. The molecule has 2 heteroatoms. The molecule has 116 valence electrons. The quantitative estimate of drug-likeness (QED) is 0.689. The first kappa shape index (κ1) is 15.2. The van der Waals surface area contributed by atoms with Gasteiger partial charge in [-0.25, -0.2) is 0 Å². The highest BCUT2D eigenvalue weighted by molar-refractivity contribution is 5.86. The first-order valence-corrected chi connectivity index (χ1v) is 7.81. The maximum atomic E-state index is 9.56. The molecule has 0 radical (unpaired) electrons. The Morgan fingerprint density at radius 1 is 0.696 bits per heavy atom. The van der Waals surface area contributed by atoms with E-state index < -0.39 is 0 Å². The summed E-state index contributed by atoms with van der Waals surface area (Å²) in [5.41, 5.74) is 7.02. The second kappa shape index (κ2) is 6.17. The smallest absolute Gasteiger partial charge is 0.115 e. The van der Waals surface area contributed by atoms with Crippen molar-refractivity contribution in [2.24, 2.45) is 0 Å². The molecule has 0 saturated carbocycles. The summed E-state index contributed by atoms with van der Waals surface area (Å²) in [6.45, 7) is 4.30. The van der Waals surface area contributed by atoms with Gasteiger partial charge in [-0.3, -0.25) is 0 Å². The molecular formula is C21H20O2. The Balaban J connectivity index is 2.25. The van der Waals surface area contributed by atoms with Crippen LogP contribution in [-0.2, 0) is 6.42 Å². The predicted octanol–water partition coefficient (Wildman–Crippen LogP) is 5.30. The van der Waals surface area contributed by atoms with Crippen molar-refractivity contribution in [1.29, 1.82) is 0 Å². The van der Waals surface area contributed by atoms with Gasteiger partial charge in [-0.2, -0.15) is 0 Å². The van der Waals surface area contributed by atoms with E-state index in [1.54, 1.807) is 24.3 Å². The number of hydrogen-bond acceptors (Lipinski definition) is 2. The number of phenolic OH excluding ortho intramolecular Hbond substituents is 2. The normalized spacial score (nSPS) is 10.7. The fourth-order valence-electron chi connectivity index (χ4n) is 3.02. The van der Waals surface area contributed by atoms with Crippen LogP contribution < -0.4 is 0 Å². The molecule has 0 unspecified atom stereocenters. The maximum absolute atomic E-state index is 9.56. The van der Waals surface area contributed by atoms with Crippen LogP contribution in [0.3, 0.4) is 0 Å². The minimum Gasteiger partial charge on any atom is -0.508 e. The maximum Gasteiger partial charge on any atom is 0.115 e. The zero-order valence-corrected chi connectivity index (χ0v) is 13.4. The molecule has 0 bridgehead atoms. The molecule has 0 aliphatic rings. The monoisotopic (exact) mass is 304 g/mol. The van der Waals surface area contributed by atoms with Gasteiger partial charge in [0.15, 0.2) is 0 Å². The van der Waals surface area contributed by atoms with Crippen LogP contribution in [0.4, 0.5) is 0 Å². The van der Waals surface area contributed by atoms with Crippen LogP contribution in [0, 0.1) is 6.92 Å². The van der Waals surface area contributed by atoms with Gasteiger partial charge in [0, 0.05) is 0 Å². The third-order valence-corrected chi connectivity index (χ3v) is 4.29. The van der Waals surface area contributed by atoms with Gasteiger partial charge >= 0.3 is 0 Å². The Kier molecular flexibility index (Phi) is 4.07. The van der Waals surface area contributed by atoms with Crippen LogP contribution in [0.2, 0.25) is 0 Å². The minimum atomic E-state index is 0.266. The number of hydrogen-bond donors (Lipinski definition) is 2. The van der Waals surface area contributed by atoms with Gasteiger partial charge in [0.05, 0.1) is 0 Å². The lowest BCUT2D eigenvalue weighted by Gasteiger charge is -2.17. The van der Waals surface area contributed by atoms with E-state index in [-0.39, 0.29) is 11.5 Å². The molecule has 0 heterocycles. The van der Waals surface area contributed by atoms with E-state index in [9.17, 15) is 10.2 Å². The summed E-state index contributed by atoms with van der Waals surface area (Å²) in [7, 11) is 0. The van der Waals surface area contributed by atoms with Crippen molar-refractivity contribution in [2.45, 2.75) is 20.3 Å². The SMILES string of the molecule is CCc1ccc(-c2ccc(O)cc2)c(-c2ccc(O)cc2)c1C. The van der Waals surface area contributed by atoms with Crippen molar-refractivity contribution < 1.29 is 10.2 Å². The standard InChI is InChI=1S/C21H20O2/c1-3-15-8-13-20(16-4-9-18(22)10-5-16)21(14(15)2)17-6-11-19(23)12-7-17/h4-13,22-23H,3H2,1-2H3. The average Bonchev–Trinajstić information content (AvgIpc) is 2.56. The number of aryl methyl sites for hydroxylation is 1. The number of benzene rings is 3.